The highest BCUT2D eigenvalue weighted by Gasteiger charge is 2.25. The maximum absolute atomic E-state index is 12.5. The van der Waals surface area contributed by atoms with E-state index in [4.69, 9.17) is 24.3 Å². The molecule has 0 aliphatic rings. The van der Waals surface area contributed by atoms with Crippen molar-refractivity contribution in [2.45, 2.75) is 193 Å². The fraction of sp³-hybridized carbons (Fsp3) is 0.944. The summed E-state index contributed by atoms with van der Waals surface area (Å²) in [5, 5.41) is 0. The minimum absolute atomic E-state index is 0.0577. The van der Waals surface area contributed by atoms with Gasteiger partial charge in [0.15, 0.2) is 6.10 Å². The Morgan fingerprint density at radius 3 is 1.33 bits per heavy atom. The lowest BCUT2D eigenvalue weighted by atomic mass is 10.0. The highest BCUT2D eigenvalue weighted by molar-refractivity contribution is 7.47. The fourth-order valence-electron chi connectivity index (χ4n) is 5.40. The van der Waals surface area contributed by atoms with Gasteiger partial charge in [0.05, 0.1) is 13.2 Å². The first-order chi connectivity index (χ1) is 22.3. The van der Waals surface area contributed by atoms with Crippen molar-refractivity contribution in [1.29, 1.82) is 0 Å². The molecule has 0 saturated heterocycles. The van der Waals surface area contributed by atoms with Gasteiger partial charge in [-0.15, -0.1) is 0 Å². The highest BCUT2D eigenvalue weighted by atomic mass is 31.2. The maximum Gasteiger partial charge on any atom is 0.472 e. The molecule has 9 nitrogen and oxygen atoms in total. The standard InChI is InChI=1S/C36H72NO8P/c1-3-5-7-9-11-13-15-17-19-20-22-24-26-28-35(38)42-32-34(33-44-46(40,41)43-31-30-37)45-36(39)29-27-25-23-21-18-16-14-12-10-8-6-4-2/h34H,3-33,37H2,1-2H3,(H,40,41)/t34-/m1/s1. The van der Waals surface area contributed by atoms with Gasteiger partial charge >= 0.3 is 19.8 Å². The van der Waals surface area contributed by atoms with E-state index in [2.05, 4.69) is 13.8 Å². The number of carbonyl (C=O) groups excluding carboxylic acids is 2. The first kappa shape index (κ1) is 45.0. The summed E-state index contributed by atoms with van der Waals surface area (Å²) in [5.74, 6) is -0.819. The van der Waals surface area contributed by atoms with E-state index in [0.29, 0.717) is 6.42 Å². The molecule has 10 heteroatoms. The summed E-state index contributed by atoms with van der Waals surface area (Å²) in [6, 6.07) is 0. The van der Waals surface area contributed by atoms with Crippen LogP contribution in [0.2, 0.25) is 0 Å². The molecule has 274 valence electrons. The van der Waals surface area contributed by atoms with Gasteiger partial charge in [0.1, 0.15) is 6.61 Å². The van der Waals surface area contributed by atoms with Crippen LogP contribution < -0.4 is 5.73 Å². The molecule has 0 radical (unpaired) electrons. The Hall–Kier alpha value is -0.990. The van der Waals surface area contributed by atoms with E-state index in [0.717, 1.165) is 32.1 Å². The van der Waals surface area contributed by atoms with Crippen molar-refractivity contribution in [3.8, 4) is 0 Å². The van der Waals surface area contributed by atoms with Crippen LogP contribution in [0.15, 0.2) is 0 Å². The van der Waals surface area contributed by atoms with Gasteiger partial charge in [-0.05, 0) is 12.8 Å². The molecule has 46 heavy (non-hydrogen) atoms. The van der Waals surface area contributed by atoms with Crippen molar-refractivity contribution in [2.75, 3.05) is 26.4 Å². The third-order valence-electron chi connectivity index (χ3n) is 8.24. The Morgan fingerprint density at radius 2 is 0.935 bits per heavy atom. The third-order valence-corrected chi connectivity index (χ3v) is 9.23. The lowest BCUT2D eigenvalue weighted by Crippen LogP contribution is -2.29. The predicted molar refractivity (Wildman–Crippen MR) is 188 cm³/mol. The van der Waals surface area contributed by atoms with Gasteiger partial charge < -0.3 is 20.1 Å². The molecular weight excluding hydrogens is 605 g/mol. The van der Waals surface area contributed by atoms with Crippen LogP contribution in [0.25, 0.3) is 0 Å². The minimum atomic E-state index is -4.36. The SMILES string of the molecule is CCCCCCCCCCCCCCCC(=O)OC[C@H](COP(=O)(O)OCCN)OC(=O)CCCCCCCCCCCCCC. The predicted octanol–water partition coefficient (Wildman–Crippen LogP) is 10.1. The number of phosphoric ester groups is 1. The molecule has 0 aliphatic heterocycles. The Morgan fingerprint density at radius 1 is 0.565 bits per heavy atom. The first-order valence-corrected chi connectivity index (χ1v) is 20.5. The van der Waals surface area contributed by atoms with Gasteiger partial charge in [0.25, 0.3) is 0 Å². The van der Waals surface area contributed by atoms with E-state index in [1.807, 2.05) is 0 Å². The molecule has 0 aliphatic carbocycles. The summed E-state index contributed by atoms with van der Waals surface area (Å²) in [4.78, 5) is 34.6. The second-order valence-electron chi connectivity index (χ2n) is 12.8. The van der Waals surface area contributed by atoms with Crippen LogP contribution in [0.1, 0.15) is 187 Å². The van der Waals surface area contributed by atoms with Gasteiger partial charge in [0.2, 0.25) is 0 Å². The Labute approximate surface area is 282 Å². The largest absolute Gasteiger partial charge is 0.472 e. The quantitative estimate of drug-likeness (QED) is 0.0377. The van der Waals surface area contributed by atoms with E-state index in [9.17, 15) is 19.0 Å². The van der Waals surface area contributed by atoms with Crippen molar-refractivity contribution in [3.05, 3.63) is 0 Å². The normalized spacial score (nSPS) is 13.4. The molecule has 0 spiro atoms. The van der Waals surface area contributed by atoms with E-state index in [1.165, 1.54) is 122 Å². The molecule has 0 saturated carbocycles. The lowest BCUT2D eigenvalue weighted by molar-refractivity contribution is -0.161. The molecule has 0 fully saturated rings. The van der Waals surface area contributed by atoms with Crippen LogP contribution in [-0.2, 0) is 32.7 Å². The molecule has 2 atom stereocenters. The number of ether oxygens (including phenoxy) is 2. The van der Waals surface area contributed by atoms with Crippen molar-refractivity contribution in [2.24, 2.45) is 5.73 Å². The molecule has 0 aromatic rings. The summed E-state index contributed by atoms with van der Waals surface area (Å²) in [6.45, 7) is 3.74. The second-order valence-corrected chi connectivity index (χ2v) is 14.3. The number of hydrogen-bond acceptors (Lipinski definition) is 8. The molecule has 0 heterocycles. The Kier molecular flexibility index (Phi) is 33.2. The zero-order chi connectivity index (χ0) is 34.0. The molecule has 3 N–H and O–H groups in total. The van der Waals surface area contributed by atoms with Crippen molar-refractivity contribution >= 4 is 19.8 Å². The Bertz CT molecular complexity index is 739. The Balaban J connectivity index is 4.19. The van der Waals surface area contributed by atoms with Crippen molar-refractivity contribution in [3.63, 3.8) is 0 Å². The van der Waals surface area contributed by atoms with E-state index in [1.54, 1.807) is 0 Å². The number of unbranched alkanes of at least 4 members (excludes halogenated alkanes) is 23. The van der Waals surface area contributed by atoms with Crippen LogP contribution in [0.4, 0.5) is 0 Å². The number of carbonyl (C=O) groups is 2. The average Bonchev–Trinajstić information content (AvgIpc) is 3.04. The summed E-state index contributed by atoms with van der Waals surface area (Å²) < 4.78 is 32.6. The molecule has 1 unspecified atom stereocenters. The van der Waals surface area contributed by atoms with Gasteiger partial charge in [-0.3, -0.25) is 18.6 Å². The summed E-state index contributed by atoms with van der Waals surface area (Å²) in [6.07, 6.45) is 29.8. The summed E-state index contributed by atoms with van der Waals surface area (Å²) >= 11 is 0. The second kappa shape index (κ2) is 33.9. The molecule has 0 aromatic heterocycles. The van der Waals surface area contributed by atoms with Crippen molar-refractivity contribution < 1.29 is 37.6 Å². The van der Waals surface area contributed by atoms with E-state index >= 15 is 0 Å². The van der Waals surface area contributed by atoms with Gasteiger partial charge in [-0.25, -0.2) is 4.57 Å². The van der Waals surface area contributed by atoms with Crippen LogP contribution in [0.5, 0.6) is 0 Å². The topological polar surface area (TPSA) is 134 Å². The highest BCUT2D eigenvalue weighted by Crippen LogP contribution is 2.43. The van der Waals surface area contributed by atoms with Gasteiger partial charge in [0, 0.05) is 19.4 Å². The monoisotopic (exact) mass is 677 g/mol. The van der Waals surface area contributed by atoms with E-state index in [-0.39, 0.29) is 38.6 Å². The third kappa shape index (κ3) is 32.9. The molecule has 0 bridgehead atoms. The number of esters is 2. The fourth-order valence-corrected chi connectivity index (χ4v) is 6.16. The number of hydrogen-bond donors (Lipinski definition) is 2. The molecular formula is C36H72NO8P. The van der Waals surface area contributed by atoms with Crippen molar-refractivity contribution in [1.82, 2.24) is 0 Å². The average molecular weight is 678 g/mol. The van der Waals surface area contributed by atoms with E-state index < -0.39 is 26.5 Å². The number of phosphoric acid groups is 1. The van der Waals surface area contributed by atoms with Gasteiger partial charge in [-0.1, -0.05) is 162 Å². The van der Waals surface area contributed by atoms with Gasteiger partial charge in [-0.2, -0.15) is 0 Å². The number of rotatable bonds is 36. The van der Waals surface area contributed by atoms with Crippen LogP contribution in [0, 0.1) is 0 Å². The van der Waals surface area contributed by atoms with Crippen LogP contribution in [0.3, 0.4) is 0 Å². The van der Waals surface area contributed by atoms with Crippen LogP contribution in [-0.4, -0.2) is 49.3 Å². The molecule has 0 amide bonds. The summed E-state index contributed by atoms with van der Waals surface area (Å²) in [7, 11) is -4.36. The smallest absolute Gasteiger partial charge is 0.462 e. The zero-order valence-electron chi connectivity index (χ0n) is 29.8. The lowest BCUT2D eigenvalue weighted by Gasteiger charge is -2.19. The van der Waals surface area contributed by atoms with Crippen LogP contribution >= 0.6 is 7.82 Å². The molecule has 0 rings (SSSR count). The number of nitrogens with two attached hydrogens (primary N) is 1. The summed E-state index contributed by atoms with van der Waals surface area (Å²) in [5.41, 5.74) is 5.33. The maximum atomic E-state index is 12.5. The first-order valence-electron chi connectivity index (χ1n) is 19.0. The zero-order valence-corrected chi connectivity index (χ0v) is 30.7. The molecule has 0 aromatic carbocycles. The minimum Gasteiger partial charge on any atom is -0.462 e.